The Morgan fingerprint density at radius 2 is 1.67 bits per heavy atom. The van der Waals surface area contributed by atoms with Crippen molar-refractivity contribution in [2.75, 3.05) is 16.0 Å². The van der Waals surface area contributed by atoms with Gasteiger partial charge in [0, 0.05) is 29.1 Å². The van der Waals surface area contributed by atoms with Gasteiger partial charge in [0.15, 0.2) is 0 Å². The van der Waals surface area contributed by atoms with Crippen LogP contribution in [0.2, 0.25) is 0 Å². The number of pyridine rings is 1. The third-order valence-electron chi connectivity index (χ3n) is 8.38. The molecule has 0 saturated carbocycles. The maximum absolute atomic E-state index is 14.2. The minimum Gasteiger partial charge on any atom is -0.444 e. The molecule has 2 aromatic heterocycles. The van der Waals surface area contributed by atoms with Crippen LogP contribution >= 0.6 is 0 Å². The molecule has 1 aliphatic carbocycles. The molecule has 1 aliphatic heterocycles. The normalized spacial score (nSPS) is 15.8. The van der Waals surface area contributed by atoms with E-state index in [1.165, 1.54) is 0 Å². The zero-order valence-electron chi connectivity index (χ0n) is 25.1. The number of halogens is 2. The average Bonchev–Trinajstić information content (AvgIpc) is 3.58. The molecule has 0 bridgehead atoms. The van der Waals surface area contributed by atoms with Gasteiger partial charge in [-0.3, -0.25) is 24.3 Å². The predicted octanol–water partition coefficient (Wildman–Crippen LogP) is 4.96. The first-order valence-corrected chi connectivity index (χ1v) is 14.9. The van der Waals surface area contributed by atoms with Crippen molar-refractivity contribution in [1.29, 1.82) is 0 Å². The number of carbonyl (C=O) groups excluding carboxylic acids is 3. The summed E-state index contributed by atoms with van der Waals surface area (Å²) in [5, 5.41) is 7.95. The van der Waals surface area contributed by atoms with E-state index in [4.69, 9.17) is 4.74 Å². The minimum atomic E-state index is -0.941. The Hall–Kier alpha value is -6.24. The van der Waals surface area contributed by atoms with Gasteiger partial charge in [0.1, 0.15) is 42.1 Å². The summed E-state index contributed by atoms with van der Waals surface area (Å²) in [5.41, 5.74) is 1.73. The first-order chi connectivity index (χ1) is 23.2. The van der Waals surface area contributed by atoms with Gasteiger partial charge in [0.25, 0.3) is 5.56 Å². The number of aromatic nitrogens is 3. The van der Waals surface area contributed by atoms with Crippen molar-refractivity contribution in [3.05, 3.63) is 135 Å². The van der Waals surface area contributed by atoms with Gasteiger partial charge in [-0.1, -0.05) is 42.5 Å². The lowest BCUT2D eigenvalue weighted by molar-refractivity contribution is -0.120. The molecule has 3 heterocycles. The summed E-state index contributed by atoms with van der Waals surface area (Å²) in [7, 11) is 0. The fourth-order valence-electron chi connectivity index (χ4n) is 6.20. The summed E-state index contributed by atoms with van der Waals surface area (Å²) in [5.74, 6) is -2.27. The highest BCUT2D eigenvalue weighted by molar-refractivity contribution is 6.06. The maximum atomic E-state index is 14.2. The standard InChI is InChI=1S/C35H26F2N6O5/c36-24-11-22(12-25(37)14-24)31-39-17-28(41-34(47)48-19-20-5-2-1-3-6-20)32(45)43(31)18-29(44)40-26-9-8-21-15-35(16-23(21)13-26)27-7-4-10-38-30(27)42-33(35)46/h1-14,17H,15-16,18-19H2,(H,40,44)(H,41,47)(H,38,42,46). The van der Waals surface area contributed by atoms with Crippen molar-refractivity contribution >= 4 is 35.1 Å². The molecule has 3 amide bonds. The number of rotatable bonds is 7. The molecule has 1 spiro atoms. The molecular formula is C35H26F2N6O5. The zero-order chi connectivity index (χ0) is 33.4. The lowest BCUT2D eigenvalue weighted by Crippen LogP contribution is -2.35. The summed E-state index contributed by atoms with van der Waals surface area (Å²) in [6.45, 7) is -0.677. The van der Waals surface area contributed by atoms with Gasteiger partial charge in [-0.2, -0.15) is 0 Å². The molecule has 7 rings (SSSR count). The number of carbonyl (C=O) groups is 3. The van der Waals surface area contributed by atoms with Crippen LogP contribution in [0.5, 0.6) is 0 Å². The highest BCUT2D eigenvalue weighted by atomic mass is 19.1. The Morgan fingerprint density at radius 3 is 2.46 bits per heavy atom. The van der Waals surface area contributed by atoms with Gasteiger partial charge in [0.2, 0.25) is 11.8 Å². The van der Waals surface area contributed by atoms with E-state index in [9.17, 15) is 28.0 Å². The van der Waals surface area contributed by atoms with Gasteiger partial charge in [-0.25, -0.2) is 23.5 Å². The third kappa shape index (κ3) is 5.77. The Balaban J connectivity index is 1.13. The summed E-state index contributed by atoms with van der Waals surface area (Å²) in [6.07, 6.45) is 2.59. The minimum absolute atomic E-state index is 0.0622. The van der Waals surface area contributed by atoms with Gasteiger partial charge >= 0.3 is 6.09 Å². The Morgan fingerprint density at radius 1 is 0.896 bits per heavy atom. The lowest BCUT2D eigenvalue weighted by atomic mass is 9.79. The van der Waals surface area contributed by atoms with Gasteiger partial charge < -0.3 is 15.4 Å². The molecule has 3 N–H and O–H groups in total. The van der Waals surface area contributed by atoms with Crippen LogP contribution in [0.15, 0.2) is 96.1 Å². The average molecular weight is 649 g/mol. The molecule has 0 saturated heterocycles. The van der Waals surface area contributed by atoms with Crippen molar-refractivity contribution in [2.45, 2.75) is 31.4 Å². The fourth-order valence-corrected chi connectivity index (χ4v) is 6.20. The molecule has 2 aliphatic rings. The van der Waals surface area contributed by atoms with Crippen molar-refractivity contribution in [2.24, 2.45) is 0 Å². The van der Waals surface area contributed by atoms with E-state index in [0.717, 1.165) is 45.2 Å². The quantitative estimate of drug-likeness (QED) is 0.226. The number of anilines is 3. The summed E-state index contributed by atoms with van der Waals surface area (Å²) >= 11 is 0. The van der Waals surface area contributed by atoms with E-state index in [1.807, 2.05) is 18.2 Å². The zero-order valence-corrected chi connectivity index (χ0v) is 25.1. The van der Waals surface area contributed by atoms with Crippen LogP contribution in [0.4, 0.5) is 30.8 Å². The second-order valence-corrected chi connectivity index (χ2v) is 11.6. The Kier molecular flexibility index (Phi) is 7.71. The van der Waals surface area contributed by atoms with Crippen molar-refractivity contribution in [3.63, 3.8) is 0 Å². The van der Waals surface area contributed by atoms with Crippen LogP contribution in [-0.4, -0.2) is 32.4 Å². The van der Waals surface area contributed by atoms with E-state index in [1.54, 1.807) is 48.7 Å². The number of nitrogens with zero attached hydrogens (tertiary/aromatic N) is 3. The molecule has 0 fully saturated rings. The van der Waals surface area contributed by atoms with Crippen molar-refractivity contribution in [1.82, 2.24) is 14.5 Å². The summed E-state index contributed by atoms with van der Waals surface area (Å²) < 4.78 is 34.4. The van der Waals surface area contributed by atoms with Gasteiger partial charge in [-0.15, -0.1) is 0 Å². The second-order valence-electron chi connectivity index (χ2n) is 11.6. The fraction of sp³-hybridized carbons (Fsp3) is 0.143. The molecule has 13 heteroatoms. The number of amides is 3. The number of fused-ring (bicyclic) bond motifs is 3. The molecule has 3 aromatic carbocycles. The van der Waals surface area contributed by atoms with Gasteiger partial charge in [0.05, 0.1) is 11.6 Å². The monoisotopic (exact) mass is 648 g/mol. The number of nitrogens with one attached hydrogen (secondary N) is 3. The molecule has 1 atom stereocenters. The van der Waals surface area contributed by atoms with E-state index in [-0.39, 0.29) is 29.6 Å². The van der Waals surface area contributed by atoms with Crippen LogP contribution in [0.25, 0.3) is 11.4 Å². The largest absolute Gasteiger partial charge is 0.444 e. The smallest absolute Gasteiger partial charge is 0.412 e. The number of hydrogen-bond donors (Lipinski definition) is 3. The van der Waals surface area contributed by atoms with E-state index >= 15 is 0 Å². The van der Waals surface area contributed by atoms with Crippen LogP contribution in [0.3, 0.4) is 0 Å². The molecule has 11 nitrogen and oxygen atoms in total. The van der Waals surface area contributed by atoms with Crippen molar-refractivity contribution < 1.29 is 27.9 Å². The highest BCUT2D eigenvalue weighted by Crippen LogP contribution is 2.47. The first-order valence-electron chi connectivity index (χ1n) is 14.9. The summed E-state index contributed by atoms with van der Waals surface area (Å²) in [4.78, 5) is 61.0. The molecule has 48 heavy (non-hydrogen) atoms. The van der Waals surface area contributed by atoms with Crippen LogP contribution in [-0.2, 0) is 45.7 Å². The molecule has 240 valence electrons. The highest BCUT2D eigenvalue weighted by Gasteiger charge is 2.51. The van der Waals surface area contributed by atoms with Crippen molar-refractivity contribution in [3.8, 4) is 11.4 Å². The molecule has 1 unspecified atom stereocenters. The van der Waals surface area contributed by atoms with E-state index in [2.05, 4.69) is 25.9 Å². The van der Waals surface area contributed by atoms with E-state index in [0.29, 0.717) is 30.4 Å². The first kappa shape index (κ1) is 30.4. The SMILES string of the molecule is O=C(Cn1c(-c2cc(F)cc(F)c2)ncc(NC(=O)OCc2ccccc2)c1=O)Nc1ccc2c(c1)CC1(C2)C(=O)Nc2ncccc21. The lowest BCUT2D eigenvalue weighted by Gasteiger charge is -2.20. The maximum Gasteiger partial charge on any atom is 0.412 e. The molecular weight excluding hydrogens is 622 g/mol. The molecule has 0 radical (unpaired) electrons. The van der Waals surface area contributed by atoms with Crippen LogP contribution in [0, 0.1) is 11.6 Å². The van der Waals surface area contributed by atoms with Crippen LogP contribution in [0.1, 0.15) is 22.3 Å². The Labute approximate surface area is 271 Å². The topological polar surface area (TPSA) is 144 Å². The van der Waals surface area contributed by atoms with E-state index < -0.39 is 41.2 Å². The van der Waals surface area contributed by atoms with Gasteiger partial charge in [-0.05, 0) is 59.9 Å². The number of ether oxygens (including phenoxy) is 1. The number of hydrogen-bond acceptors (Lipinski definition) is 7. The third-order valence-corrected chi connectivity index (χ3v) is 8.38. The molecule has 5 aromatic rings. The predicted molar refractivity (Wildman–Crippen MR) is 171 cm³/mol. The Bertz CT molecular complexity index is 2150. The number of benzene rings is 3. The van der Waals surface area contributed by atoms with Crippen LogP contribution < -0.4 is 21.5 Å². The second kappa shape index (κ2) is 12.2. The summed E-state index contributed by atoms with van der Waals surface area (Å²) in [6, 6.07) is 20.5.